The van der Waals surface area contributed by atoms with Crippen LogP contribution in [0.5, 0.6) is 0 Å². The second kappa shape index (κ2) is 10.6. The van der Waals surface area contributed by atoms with Crippen LogP contribution in [0.3, 0.4) is 0 Å². The van der Waals surface area contributed by atoms with E-state index in [1.54, 1.807) is 42.5 Å². The van der Waals surface area contributed by atoms with Gasteiger partial charge in [0.15, 0.2) is 12.4 Å². The Morgan fingerprint density at radius 1 is 0.978 bits per heavy atom. The van der Waals surface area contributed by atoms with E-state index in [-0.39, 0.29) is 52.3 Å². The Morgan fingerprint density at radius 2 is 1.69 bits per heavy atom. The van der Waals surface area contributed by atoms with E-state index < -0.39 is 23.3 Å². The van der Waals surface area contributed by atoms with Gasteiger partial charge in [0.05, 0.1) is 39.2 Å². The van der Waals surface area contributed by atoms with Gasteiger partial charge in [-0.2, -0.15) is 0 Å². The molecule has 2 fully saturated rings. The number of rotatable bonds is 7. The third-order valence-corrected chi connectivity index (χ3v) is 9.30. The van der Waals surface area contributed by atoms with Gasteiger partial charge in [-0.15, -0.1) is 0 Å². The smallest absolute Gasteiger partial charge is 0.339 e. The molecule has 4 atom stereocenters. The summed E-state index contributed by atoms with van der Waals surface area (Å²) in [7, 11) is 0. The van der Waals surface area contributed by atoms with Gasteiger partial charge in [0.1, 0.15) is 0 Å². The van der Waals surface area contributed by atoms with Crippen molar-refractivity contribution in [2.45, 2.75) is 20.3 Å². The Balaban J connectivity index is 1.14. The fraction of sp³-hybridized carbons (Fsp3) is 0.229. The zero-order valence-electron chi connectivity index (χ0n) is 24.4. The van der Waals surface area contributed by atoms with Gasteiger partial charge in [-0.3, -0.25) is 29.4 Å². The number of benzene rings is 3. The van der Waals surface area contributed by atoms with Crippen molar-refractivity contribution in [3.05, 3.63) is 111 Å². The van der Waals surface area contributed by atoms with E-state index in [1.165, 1.54) is 34.7 Å². The highest BCUT2D eigenvalue weighted by Gasteiger charge is 2.60. The summed E-state index contributed by atoms with van der Waals surface area (Å²) >= 11 is 0. The minimum absolute atomic E-state index is 0.119. The van der Waals surface area contributed by atoms with Gasteiger partial charge >= 0.3 is 5.97 Å². The summed E-state index contributed by atoms with van der Waals surface area (Å²) in [5, 5.41) is 11.5. The Bertz CT molecular complexity index is 1980. The van der Waals surface area contributed by atoms with Gasteiger partial charge in [0.25, 0.3) is 5.69 Å². The minimum Gasteiger partial charge on any atom is -0.454 e. The number of nitrogens with zero attached hydrogens (tertiary/aromatic N) is 3. The number of para-hydroxylation sites is 1. The zero-order chi connectivity index (χ0) is 31.6. The number of carbonyl (C=O) groups is 4. The van der Waals surface area contributed by atoms with Crippen molar-refractivity contribution < 1.29 is 28.8 Å². The number of allylic oxidation sites excluding steroid dienone is 2. The molecule has 0 spiro atoms. The molecule has 0 N–H and O–H groups in total. The Kier molecular flexibility index (Phi) is 6.65. The number of hydrogen-bond donors (Lipinski definition) is 0. The number of esters is 1. The first kappa shape index (κ1) is 28.3. The fourth-order valence-corrected chi connectivity index (χ4v) is 7.08. The average molecular weight is 602 g/mol. The van der Waals surface area contributed by atoms with Crippen LogP contribution < -0.4 is 4.90 Å². The Morgan fingerprint density at radius 3 is 2.40 bits per heavy atom. The molecule has 1 aliphatic heterocycles. The van der Waals surface area contributed by atoms with Crippen molar-refractivity contribution in [1.82, 2.24) is 4.98 Å². The van der Waals surface area contributed by atoms with Crippen LogP contribution in [0, 0.1) is 40.7 Å². The Labute approximate surface area is 257 Å². The maximum Gasteiger partial charge on any atom is 0.339 e. The molecule has 3 aromatic carbocycles. The molecule has 45 heavy (non-hydrogen) atoms. The van der Waals surface area contributed by atoms with E-state index in [2.05, 4.69) is 6.08 Å². The summed E-state index contributed by atoms with van der Waals surface area (Å²) in [6.07, 6.45) is 3.01. The van der Waals surface area contributed by atoms with Crippen LogP contribution in [-0.2, 0) is 14.3 Å². The number of imide groups is 1. The summed E-state index contributed by atoms with van der Waals surface area (Å²) in [6.45, 7) is 3.36. The highest BCUT2D eigenvalue weighted by Crippen LogP contribution is 2.56. The highest BCUT2D eigenvalue weighted by molar-refractivity contribution is 6.23. The SMILES string of the molecule is CC1=CC2CC1C1C(=O)N(c3ccc(-c4cc(C(=O)OCC(=O)c5ccc([N+](=O)[O-])cc5)c5cccc(C)c5n4)cc3)C(=O)C21. The molecule has 4 aromatic rings. The molecule has 2 aliphatic carbocycles. The number of ether oxygens (including phenoxy) is 1. The molecule has 1 aromatic heterocycles. The number of ketones is 1. The third-order valence-electron chi connectivity index (χ3n) is 9.30. The van der Waals surface area contributed by atoms with Gasteiger partial charge in [-0.25, -0.2) is 9.78 Å². The molecule has 2 heterocycles. The topological polar surface area (TPSA) is 137 Å². The van der Waals surface area contributed by atoms with Crippen LogP contribution in [0.4, 0.5) is 11.4 Å². The van der Waals surface area contributed by atoms with Gasteiger partial charge in [0, 0.05) is 28.6 Å². The largest absolute Gasteiger partial charge is 0.454 e. The summed E-state index contributed by atoms with van der Waals surface area (Å²) < 4.78 is 5.40. The van der Waals surface area contributed by atoms with Crippen molar-refractivity contribution in [2.24, 2.45) is 23.7 Å². The molecular formula is C35H27N3O7. The predicted molar refractivity (Wildman–Crippen MR) is 164 cm³/mol. The van der Waals surface area contributed by atoms with Gasteiger partial charge in [-0.1, -0.05) is 42.0 Å². The summed E-state index contributed by atoms with van der Waals surface area (Å²) in [5.74, 6) is -1.86. The standard InChI is InChI=1S/C35H27N3O7/c1-18-4-3-5-25-27(35(42)45-17-29(39)21-8-12-24(13-9-21)38(43)44)16-28(36-32(18)25)20-6-10-23(11-7-20)37-33(40)30-22-14-19(2)26(15-22)31(30)34(37)41/h3-14,16,22,26,30-31H,15,17H2,1-2H3. The number of nitro benzene ring substituents is 1. The van der Waals surface area contributed by atoms with Crippen LogP contribution in [0.1, 0.15) is 39.6 Å². The Hall–Kier alpha value is -5.51. The van der Waals surface area contributed by atoms with Crippen molar-refractivity contribution in [1.29, 1.82) is 0 Å². The van der Waals surface area contributed by atoms with Crippen molar-refractivity contribution in [3.63, 3.8) is 0 Å². The quantitative estimate of drug-likeness (QED) is 0.0642. The number of hydrogen-bond acceptors (Lipinski definition) is 8. The minimum atomic E-state index is -0.723. The number of aryl methyl sites for hydroxylation is 1. The predicted octanol–water partition coefficient (Wildman–Crippen LogP) is 5.86. The van der Waals surface area contributed by atoms with E-state index in [0.29, 0.717) is 27.8 Å². The molecule has 3 aliphatic rings. The van der Waals surface area contributed by atoms with Crippen LogP contribution >= 0.6 is 0 Å². The fourth-order valence-electron chi connectivity index (χ4n) is 7.08. The zero-order valence-corrected chi connectivity index (χ0v) is 24.4. The van der Waals surface area contributed by atoms with E-state index in [4.69, 9.17) is 9.72 Å². The monoisotopic (exact) mass is 601 g/mol. The molecule has 0 radical (unpaired) electrons. The van der Waals surface area contributed by atoms with E-state index in [9.17, 15) is 29.3 Å². The maximum absolute atomic E-state index is 13.4. The number of pyridine rings is 1. The second-order valence-electron chi connectivity index (χ2n) is 11.9. The molecule has 7 rings (SSSR count). The highest BCUT2D eigenvalue weighted by atomic mass is 16.6. The first-order valence-corrected chi connectivity index (χ1v) is 14.6. The van der Waals surface area contributed by atoms with Crippen molar-refractivity contribution >= 4 is 45.8 Å². The average Bonchev–Trinajstić information content (AvgIpc) is 3.69. The molecule has 10 heteroatoms. The summed E-state index contributed by atoms with van der Waals surface area (Å²) in [4.78, 5) is 69.2. The lowest BCUT2D eigenvalue weighted by atomic mass is 9.82. The van der Waals surface area contributed by atoms with E-state index in [1.807, 2.05) is 19.9 Å². The van der Waals surface area contributed by atoms with E-state index in [0.717, 1.165) is 12.0 Å². The molecule has 1 saturated carbocycles. The number of fused-ring (bicyclic) bond motifs is 6. The first-order valence-electron chi connectivity index (χ1n) is 14.6. The first-order chi connectivity index (χ1) is 21.6. The number of non-ortho nitro benzene ring substituents is 1. The van der Waals surface area contributed by atoms with Gasteiger partial charge in [-0.05, 0) is 68.0 Å². The molecule has 10 nitrogen and oxygen atoms in total. The van der Waals surface area contributed by atoms with Crippen molar-refractivity contribution in [2.75, 3.05) is 11.5 Å². The normalized spacial score (nSPS) is 21.6. The molecule has 224 valence electrons. The summed E-state index contributed by atoms with van der Waals surface area (Å²) in [6, 6.07) is 19.1. The number of carbonyl (C=O) groups excluding carboxylic acids is 4. The third kappa shape index (κ3) is 4.61. The number of amides is 2. The number of Topliss-reactive ketones (excluding diaryl/α,β-unsaturated/α-hetero) is 1. The second-order valence-corrected chi connectivity index (χ2v) is 11.9. The number of aromatic nitrogens is 1. The molecule has 1 saturated heterocycles. The van der Waals surface area contributed by atoms with Crippen LogP contribution in [0.25, 0.3) is 22.2 Å². The lowest BCUT2D eigenvalue weighted by Crippen LogP contribution is -2.32. The molecular weight excluding hydrogens is 574 g/mol. The molecule has 2 amide bonds. The summed E-state index contributed by atoms with van der Waals surface area (Å²) in [5.41, 5.74) is 4.51. The van der Waals surface area contributed by atoms with Crippen LogP contribution in [0.2, 0.25) is 0 Å². The maximum atomic E-state index is 13.4. The molecule has 4 unspecified atom stereocenters. The number of anilines is 1. The lowest BCUT2D eigenvalue weighted by molar-refractivity contribution is -0.384. The molecule has 2 bridgehead atoms. The van der Waals surface area contributed by atoms with E-state index >= 15 is 0 Å². The van der Waals surface area contributed by atoms with Crippen LogP contribution in [-0.4, -0.2) is 40.1 Å². The van der Waals surface area contributed by atoms with Gasteiger partial charge in [0.2, 0.25) is 11.8 Å². The lowest BCUT2D eigenvalue weighted by Gasteiger charge is -2.19. The van der Waals surface area contributed by atoms with Crippen LogP contribution in [0.15, 0.2) is 84.4 Å². The van der Waals surface area contributed by atoms with Crippen molar-refractivity contribution in [3.8, 4) is 11.3 Å². The number of nitro groups is 1. The van der Waals surface area contributed by atoms with Gasteiger partial charge < -0.3 is 4.74 Å².